The standard InChI is InChI=1S/C21H31NO3/c1-2-3-4-5-6-7-11-19(23)13-12-17-9-8-10-18(22-17)16-20-14-15-21(24)25-20/h8-10,12-13,19-20,23H,2-7,11,14-16H2,1H3/b13-12+. The van der Waals surface area contributed by atoms with E-state index in [0.29, 0.717) is 12.8 Å². The summed E-state index contributed by atoms with van der Waals surface area (Å²) >= 11 is 0. The van der Waals surface area contributed by atoms with Crippen molar-refractivity contribution in [2.75, 3.05) is 0 Å². The number of unbranched alkanes of at least 4 members (excludes halogenated alkanes) is 5. The van der Waals surface area contributed by atoms with Gasteiger partial charge < -0.3 is 9.84 Å². The van der Waals surface area contributed by atoms with Crippen molar-refractivity contribution in [1.29, 1.82) is 0 Å². The largest absolute Gasteiger partial charge is 0.462 e. The number of ether oxygens (including phenoxy) is 1. The number of aromatic nitrogens is 1. The number of aliphatic hydroxyl groups excluding tert-OH is 1. The van der Waals surface area contributed by atoms with Gasteiger partial charge in [0.25, 0.3) is 0 Å². The molecule has 2 unspecified atom stereocenters. The lowest BCUT2D eigenvalue weighted by molar-refractivity contribution is -0.141. The van der Waals surface area contributed by atoms with E-state index in [9.17, 15) is 9.90 Å². The smallest absolute Gasteiger partial charge is 0.306 e. The molecule has 0 amide bonds. The summed E-state index contributed by atoms with van der Waals surface area (Å²) in [5, 5.41) is 10.1. The fourth-order valence-corrected chi connectivity index (χ4v) is 3.10. The molecule has 1 aromatic heterocycles. The Bertz CT molecular complexity index is 556. The van der Waals surface area contributed by atoms with Crippen LogP contribution in [0.2, 0.25) is 0 Å². The highest BCUT2D eigenvalue weighted by Gasteiger charge is 2.23. The van der Waals surface area contributed by atoms with Gasteiger partial charge in [-0.25, -0.2) is 0 Å². The minimum absolute atomic E-state index is 0.0440. The number of pyridine rings is 1. The summed E-state index contributed by atoms with van der Waals surface area (Å²) < 4.78 is 5.25. The van der Waals surface area contributed by atoms with Gasteiger partial charge in [-0.15, -0.1) is 0 Å². The van der Waals surface area contributed by atoms with Crippen LogP contribution in [0.25, 0.3) is 6.08 Å². The van der Waals surface area contributed by atoms with Gasteiger partial charge in [0.05, 0.1) is 11.8 Å². The third kappa shape index (κ3) is 7.82. The van der Waals surface area contributed by atoms with Gasteiger partial charge in [0.15, 0.2) is 0 Å². The number of carbonyl (C=O) groups excluding carboxylic acids is 1. The average Bonchev–Trinajstić information content (AvgIpc) is 3.01. The molecule has 1 aromatic rings. The maximum absolute atomic E-state index is 11.2. The Balaban J connectivity index is 1.72. The van der Waals surface area contributed by atoms with E-state index in [2.05, 4.69) is 11.9 Å². The molecule has 4 nitrogen and oxygen atoms in total. The monoisotopic (exact) mass is 345 g/mol. The molecule has 1 N–H and O–H groups in total. The normalized spacial score (nSPS) is 18.6. The van der Waals surface area contributed by atoms with E-state index >= 15 is 0 Å². The summed E-state index contributed by atoms with van der Waals surface area (Å²) in [7, 11) is 0. The van der Waals surface area contributed by atoms with Crippen LogP contribution < -0.4 is 0 Å². The number of rotatable bonds is 11. The van der Waals surface area contributed by atoms with Crippen LogP contribution in [-0.2, 0) is 16.0 Å². The number of carbonyl (C=O) groups is 1. The zero-order valence-corrected chi connectivity index (χ0v) is 15.3. The van der Waals surface area contributed by atoms with Gasteiger partial charge >= 0.3 is 5.97 Å². The van der Waals surface area contributed by atoms with Crippen LogP contribution in [0.4, 0.5) is 0 Å². The van der Waals surface area contributed by atoms with Gasteiger partial charge in [-0.3, -0.25) is 9.78 Å². The number of esters is 1. The Hall–Kier alpha value is -1.68. The molecule has 1 fully saturated rings. The highest BCUT2D eigenvalue weighted by molar-refractivity contribution is 5.71. The van der Waals surface area contributed by atoms with Gasteiger partial charge in [0.1, 0.15) is 6.10 Å². The molecule has 0 spiro atoms. The highest BCUT2D eigenvalue weighted by atomic mass is 16.5. The zero-order chi connectivity index (χ0) is 17.9. The molecular weight excluding hydrogens is 314 g/mol. The molecule has 1 aliphatic heterocycles. The van der Waals surface area contributed by atoms with Crippen molar-refractivity contribution in [3.05, 3.63) is 35.7 Å². The quantitative estimate of drug-likeness (QED) is 0.475. The molecule has 4 heteroatoms. The lowest BCUT2D eigenvalue weighted by Crippen LogP contribution is -2.11. The van der Waals surface area contributed by atoms with Crippen molar-refractivity contribution in [3.63, 3.8) is 0 Å². The molecule has 2 atom stereocenters. The summed E-state index contributed by atoms with van der Waals surface area (Å²) in [4.78, 5) is 15.7. The second kappa shape index (κ2) is 11.0. The third-order valence-electron chi connectivity index (χ3n) is 4.58. The summed E-state index contributed by atoms with van der Waals surface area (Å²) in [5.41, 5.74) is 1.76. The van der Waals surface area contributed by atoms with Gasteiger partial charge in [-0.05, 0) is 31.1 Å². The zero-order valence-electron chi connectivity index (χ0n) is 15.3. The molecule has 0 radical (unpaired) electrons. The molecule has 0 aromatic carbocycles. The number of aliphatic hydroxyl groups is 1. The molecule has 1 saturated heterocycles. The third-order valence-corrected chi connectivity index (χ3v) is 4.58. The van der Waals surface area contributed by atoms with Crippen LogP contribution in [0, 0.1) is 0 Å². The average molecular weight is 345 g/mol. The van der Waals surface area contributed by atoms with E-state index in [1.807, 2.05) is 30.4 Å². The minimum Gasteiger partial charge on any atom is -0.462 e. The maximum atomic E-state index is 11.2. The van der Waals surface area contributed by atoms with Gasteiger partial charge in [-0.1, -0.05) is 57.6 Å². The van der Waals surface area contributed by atoms with Crippen molar-refractivity contribution in [2.45, 2.75) is 83.3 Å². The van der Waals surface area contributed by atoms with Crippen LogP contribution in [-0.4, -0.2) is 28.3 Å². The summed E-state index contributed by atoms with van der Waals surface area (Å²) in [6, 6.07) is 5.84. The van der Waals surface area contributed by atoms with Crippen molar-refractivity contribution in [1.82, 2.24) is 4.98 Å². The lowest BCUT2D eigenvalue weighted by atomic mass is 10.1. The van der Waals surface area contributed by atoms with E-state index in [1.54, 1.807) is 0 Å². The molecule has 1 aliphatic rings. The van der Waals surface area contributed by atoms with E-state index in [-0.39, 0.29) is 12.1 Å². The molecule has 2 heterocycles. The SMILES string of the molecule is CCCCCCCCC(O)/C=C/c1cccc(CC2CCC(=O)O2)n1. The molecule has 138 valence electrons. The number of nitrogens with zero attached hydrogens (tertiary/aromatic N) is 1. The molecule has 0 aliphatic carbocycles. The van der Waals surface area contributed by atoms with Crippen molar-refractivity contribution in [3.8, 4) is 0 Å². The summed E-state index contributed by atoms with van der Waals surface area (Å²) in [5.74, 6) is -0.112. The topological polar surface area (TPSA) is 59.4 Å². The van der Waals surface area contributed by atoms with E-state index < -0.39 is 6.10 Å². The first-order chi connectivity index (χ1) is 12.2. The second-order valence-electron chi connectivity index (χ2n) is 6.89. The minimum atomic E-state index is -0.410. The van der Waals surface area contributed by atoms with Crippen LogP contribution >= 0.6 is 0 Å². The van der Waals surface area contributed by atoms with E-state index in [1.165, 1.54) is 32.1 Å². The first-order valence-corrected chi connectivity index (χ1v) is 9.69. The van der Waals surface area contributed by atoms with Crippen molar-refractivity contribution >= 4 is 12.0 Å². The van der Waals surface area contributed by atoms with E-state index in [4.69, 9.17) is 4.74 Å². The van der Waals surface area contributed by atoms with Crippen LogP contribution in [0.15, 0.2) is 24.3 Å². The van der Waals surface area contributed by atoms with Crippen molar-refractivity contribution < 1.29 is 14.6 Å². The summed E-state index contributed by atoms with van der Waals surface area (Å²) in [6.45, 7) is 2.22. The second-order valence-corrected chi connectivity index (χ2v) is 6.89. The van der Waals surface area contributed by atoms with Gasteiger partial charge in [-0.2, -0.15) is 0 Å². The Labute approximate surface area is 151 Å². The van der Waals surface area contributed by atoms with E-state index in [0.717, 1.165) is 30.7 Å². The van der Waals surface area contributed by atoms with Crippen LogP contribution in [0.3, 0.4) is 0 Å². The highest BCUT2D eigenvalue weighted by Crippen LogP contribution is 2.18. The number of hydrogen-bond acceptors (Lipinski definition) is 4. The molecule has 25 heavy (non-hydrogen) atoms. The molecular formula is C21H31NO3. The first kappa shape index (κ1) is 19.6. The fourth-order valence-electron chi connectivity index (χ4n) is 3.10. The van der Waals surface area contributed by atoms with Crippen LogP contribution in [0.1, 0.15) is 76.1 Å². The Morgan fingerprint density at radius 3 is 2.84 bits per heavy atom. The van der Waals surface area contributed by atoms with Gasteiger partial charge in [0, 0.05) is 18.5 Å². The first-order valence-electron chi connectivity index (χ1n) is 9.69. The lowest BCUT2D eigenvalue weighted by Gasteiger charge is -2.09. The Kier molecular flexibility index (Phi) is 8.67. The van der Waals surface area contributed by atoms with Gasteiger partial charge in [0.2, 0.25) is 0 Å². The molecule has 0 bridgehead atoms. The fraction of sp³-hybridized carbons (Fsp3) is 0.619. The molecule has 2 rings (SSSR count). The number of hydrogen-bond donors (Lipinski definition) is 1. The summed E-state index contributed by atoms with van der Waals surface area (Å²) in [6.07, 6.45) is 13.4. The maximum Gasteiger partial charge on any atom is 0.306 e. The predicted molar refractivity (Wildman–Crippen MR) is 100 cm³/mol. The van der Waals surface area contributed by atoms with Crippen molar-refractivity contribution in [2.24, 2.45) is 0 Å². The Morgan fingerprint density at radius 1 is 1.28 bits per heavy atom. The van der Waals surface area contributed by atoms with Crippen LogP contribution in [0.5, 0.6) is 0 Å². The number of cyclic esters (lactones) is 1. The molecule has 0 saturated carbocycles. The Morgan fingerprint density at radius 2 is 2.08 bits per heavy atom. The predicted octanol–water partition coefficient (Wildman–Crippen LogP) is 4.45.